The van der Waals surface area contributed by atoms with Crippen LogP contribution in [0.25, 0.3) is 0 Å². The third-order valence-corrected chi connectivity index (χ3v) is 2.20. The van der Waals surface area contributed by atoms with Gasteiger partial charge in [0.15, 0.2) is 0 Å². The van der Waals surface area contributed by atoms with Crippen LogP contribution >= 0.6 is 11.8 Å². The Labute approximate surface area is 82.7 Å². The maximum atomic E-state index is 12.2. The predicted octanol–water partition coefficient (Wildman–Crippen LogP) is 1.92. The van der Waals surface area contributed by atoms with E-state index in [1.165, 1.54) is 6.92 Å². The molecule has 0 aromatic heterocycles. The zero-order valence-electron chi connectivity index (χ0n) is 7.30. The van der Waals surface area contributed by atoms with Crippen LogP contribution in [0.1, 0.15) is 13.3 Å². The molecular weight excluding hydrogens is 221 g/mol. The second-order valence-electron chi connectivity index (χ2n) is 2.44. The van der Waals surface area contributed by atoms with Crippen molar-refractivity contribution in [3.8, 4) is 0 Å². The SMILES string of the molecule is CCSC(=O)C(CC(=O)O)C(F)(F)F. The lowest BCUT2D eigenvalue weighted by molar-refractivity contribution is -0.183. The zero-order valence-corrected chi connectivity index (χ0v) is 8.11. The first-order chi connectivity index (χ1) is 6.29. The van der Waals surface area contributed by atoms with Gasteiger partial charge < -0.3 is 5.11 Å². The van der Waals surface area contributed by atoms with E-state index in [1.807, 2.05) is 0 Å². The van der Waals surface area contributed by atoms with Gasteiger partial charge in [-0.3, -0.25) is 9.59 Å². The molecule has 82 valence electrons. The van der Waals surface area contributed by atoms with Gasteiger partial charge in [0.2, 0.25) is 5.12 Å². The molecule has 1 N–H and O–H groups in total. The molecule has 0 radical (unpaired) electrons. The highest BCUT2D eigenvalue weighted by molar-refractivity contribution is 8.13. The Morgan fingerprint density at radius 2 is 1.93 bits per heavy atom. The van der Waals surface area contributed by atoms with E-state index in [0.29, 0.717) is 11.8 Å². The summed E-state index contributed by atoms with van der Waals surface area (Å²) in [5.41, 5.74) is 0. The summed E-state index contributed by atoms with van der Waals surface area (Å²) in [4.78, 5) is 21.0. The van der Waals surface area contributed by atoms with Gasteiger partial charge in [0.05, 0.1) is 6.42 Å². The van der Waals surface area contributed by atoms with Crippen molar-refractivity contribution in [2.75, 3.05) is 5.75 Å². The molecule has 0 heterocycles. The lowest BCUT2D eigenvalue weighted by atomic mass is 10.1. The highest BCUT2D eigenvalue weighted by atomic mass is 32.2. The smallest absolute Gasteiger partial charge is 0.400 e. The Morgan fingerprint density at radius 1 is 1.43 bits per heavy atom. The average molecular weight is 230 g/mol. The average Bonchev–Trinajstić information content (AvgIpc) is 1.98. The number of carboxylic acid groups (broad SMARTS) is 1. The van der Waals surface area contributed by atoms with E-state index in [-0.39, 0.29) is 5.75 Å². The van der Waals surface area contributed by atoms with Gasteiger partial charge in [-0.1, -0.05) is 18.7 Å². The number of hydrogen-bond donors (Lipinski definition) is 1. The van der Waals surface area contributed by atoms with Crippen LogP contribution in [0.4, 0.5) is 13.2 Å². The van der Waals surface area contributed by atoms with E-state index in [2.05, 4.69) is 0 Å². The van der Waals surface area contributed by atoms with E-state index in [0.717, 1.165) is 0 Å². The summed E-state index contributed by atoms with van der Waals surface area (Å²) in [5, 5.41) is 7.07. The Hall–Kier alpha value is -0.720. The van der Waals surface area contributed by atoms with E-state index >= 15 is 0 Å². The predicted molar refractivity (Wildman–Crippen MR) is 44.9 cm³/mol. The van der Waals surface area contributed by atoms with Gasteiger partial charge >= 0.3 is 12.1 Å². The number of halogens is 3. The van der Waals surface area contributed by atoms with Crippen molar-refractivity contribution < 1.29 is 27.9 Å². The molecule has 0 bridgehead atoms. The summed E-state index contributed by atoms with van der Waals surface area (Å²) in [6, 6.07) is 0. The number of carbonyl (C=O) groups is 2. The minimum absolute atomic E-state index is 0.199. The molecular formula is C7H9F3O3S. The molecule has 0 rings (SSSR count). The summed E-state index contributed by atoms with van der Waals surface area (Å²) in [6.45, 7) is 1.52. The van der Waals surface area contributed by atoms with E-state index < -0.39 is 29.6 Å². The highest BCUT2D eigenvalue weighted by Crippen LogP contribution is 2.32. The maximum absolute atomic E-state index is 12.2. The zero-order chi connectivity index (χ0) is 11.4. The van der Waals surface area contributed by atoms with Crippen molar-refractivity contribution in [3.05, 3.63) is 0 Å². The normalized spacial score (nSPS) is 13.7. The number of carboxylic acids is 1. The molecule has 0 saturated carbocycles. The fourth-order valence-corrected chi connectivity index (χ4v) is 1.45. The molecule has 1 atom stereocenters. The summed E-state index contributed by atoms with van der Waals surface area (Å²) in [7, 11) is 0. The van der Waals surface area contributed by atoms with Crippen LogP contribution in [0.3, 0.4) is 0 Å². The van der Waals surface area contributed by atoms with Crippen molar-refractivity contribution in [1.82, 2.24) is 0 Å². The minimum atomic E-state index is -4.78. The van der Waals surface area contributed by atoms with Crippen molar-refractivity contribution in [2.45, 2.75) is 19.5 Å². The Balaban J connectivity index is 4.55. The fraction of sp³-hybridized carbons (Fsp3) is 0.714. The number of aliphatic carboxylic acids is 1. The van der Waals surface area contributed by atoms with Crippen LogP contribution in [0.15, 0.2) is 0 Å². The topological polar surface area (TPSA) is 54.4 Å². The van der Waals surface area contributed by atoms with Crippen molar-refractivity contribution in [3.63, 3.8) is 0 Å². The molecule has 0 aliphatic rings. The summed E-state index contributed by atoms with van der Waals surface area (Å²) >= 11 is 0.486. The van der Waals surface area contributed by atoms with Gasteiger partial charge in [0, 0.05) is 0 Å². The lowest BCUT2D eigenvalue weighted by Crippen LogP contribution is -2.31. The van der Waals surface area contributed by atoms with Crippen molar-refractivity contribution in [2.24, 2.45) is 5.92 Å². The van der Waals surface area contributed by atoms with Crippen LogP contribution < -0.4 is 0 Å². The summed E-state index contributed by atoms with van der Waals surface area (Å²) in [5.74, 6) is -3.83. The number of hydrogen-bond acceptors (Lipinski definition) is 3. The number of alkyl halides is 3. The highest BCUT2D eigenvalue weighted by Gasteiger charge is 2.45. The van der Waals surface area contributed by atoms with Gasteiger partial charge in [-0.05, 0) is 5.75 Å². The van der Waals surface area contributed by atoms with E-state index in [4.69, 9.17) is 5.11 Å². The minimum Gasteiger partial charge on any atom is -0.481 e. The molecule has 0 fully saturated rings. The molecule has 0 spiro atoms. The molecule has 0 aromatic carbocycles. The standard InChI is InChI=1S/C7H9F3O3S/c1-2-14-6(13)4(3-5(11)12)7(8,9)10/h4H,2-3H2,1H3,(H,11,12). The van der Waals surface area contributed by atoms with Gasteiger partial charge in [-0.15, -0.1) is 0 Å². The first-order valence-electron chi connectivity index (χ1n) is 3.74. The Kier molecular flexibility index (Phi) is 4.96. The number of rotatable bonds is 4. The second kappa shape index (κ2) is 5.23. The summed E-state index contributed by atoms with van der Waals surface area (Å²) < 4.78 is 36.5. The van der Waals surface area contributed by atoms with Crippen LogP contribution in [-0.4, -0.2) is 28.1 Å². The van der Waals surface area contributed by atoms with Crippen LogP contribution in [0, 0.1) is 5.92 Å². The van der Waals surface area contributed by atoms with Gasteiger partial charge in [0.25, 0.3) is 0 Å². The van der Waals surface area contributed by atoms with Gasteiger partial charge in [0.1, 0.15) is 5.92 Å². The molecule has 0 aromatic rings. The molecule has 0 saturated heterocycles. The van der Waals surface area contributed by atoms with Crippen molar-refractivity contribution >= 4 is 22.8 Å². The van der Waals surface area contributed by atoms with Crippen LogP contribution in [0.2, 0.25) is 0 Å². The molecule has 1 unspecified atom stereocenters. The van der Waals surface area contributed by atoms with Crippen molar-refractivity contribution in [1.29, 1.82) is 0 Å². The lowest BCUT2D eigenvalue weighted by Gasteiger charge is -2.16. The third-order valence-electron chi connectivity index (χ3n) is 1.34. The van der Waals surface area contributed by atoms with Crippen LogP contribution in [0.5, 0.6) is 0 Å². The molecule has 3 nitrogen and oxygen atoms in total. The first kappa shape index (κ1) is 13.3. The van der Waals surface area contributed by atoms with E-state index in [1.54, 1.807) is 0 Å². The Morgan fingerprint density at radius 3 is 2.21 bits per heavy atom. The molecule has 0 aliphatic carbocycles. The monoisotopic (exact) mass is 230 g/mol. The second-order valence-corrected chi connectivity index (χ2v) is 3.71. The summed E-state index contributed by atoms with van der Waals surface area (Å²) in [6.07, 6.45) is -5.98. The van der Waals surface area contributed by atoms with Gasteiger partial charge in [-0.25, -0.2) is 0 Å². The van der Waals surface area contributed by atoms with Crippen LogP contribution in [-0.2, 0) is 9.59 Å². The molecule has 0 amide bonds. The van der Waals surface area contributed by atoms with E-state index in [9.17, 15) is 22.8 Å². The molecule has 7 heteroatoms. The molecule has 14 heavy (non-hydrogen) atoms. The number of thioether (sulfide) groups is 1. The fourth-order valence-electron chi connectivity index (χ4n) is 0.750. The first-order valence-corrected chi connectivity index (χ1v) is 4.72. The van der Waals surface area contributed by atoms with Gasteiger partial charge in [-0.2, -0.15) is 13.2 Å². The number of carbonyl (C=O) groups excluding carboxylic acids is 1. The third kappa shape index (κ3) is 4.50. The maximum Gasteiger partial charge on any atom is 0.400 e. The molecule has 0 aliphatic heterocycles. The largest absolute Gasteiger partial charge is 0.481 e. The Bertz CT molecular complexity index is 227. The quantitative estimate of drug-likeness (QED) is 0.801.